The molecule has 0 bridgehead atoms. The Morgan fingerprint density at radius 1 is 1.00 bits per heavy atom. The zero-order valence-electron chi connectivity index (χ0n) is 16.1. The Morgan fingerprint density at radius 2 is 1.69 bits per heavy atom. The van der Waals surface area contributed by atoms with Crippen LogP contribution in [-0.2, 0) is 15.5 Å². The van der Waals surface area contributed by atoms with Gasteiger partial charge in [0.25, 0.3) is 0 Å². The first-order valence-corrected chi connectivity index (χ1v) is 11.0. The maximum atomic E-state index is 12.5. The van der Waals surface area contributed by atoms with Gasteiger partial charge in [-0.25, -0.2) is 0 Å². The van der Waals surface area contributed by atoms with Crippen LogP contribution < -0.4 is 4.18 Å². The topological polar surface area (TPSA) is 61.2 Å². The van der Waals surface area contributed by atoms with Crippen molar-refractivity contribution < 1.29 is 12.6 Å². The van der Waals surface area contributed by atoms with E-state index in [0.717, 1.165) is 11.0 Å². The fourth-order valence-electron chi connectivity index (χ4n) is 2.46. The minimum atomic E-state index is -4.01. The van der Waals surface area contributed by atoms with E-state index in [2.05, 4.69) is 5.10 Å². The molecule has 1 aromatic heterocycles. The zero-order valence-corrected chi connectivity index (χ0v) is 18.5. The van der Waals surface area contributed by atoms with Crippen LogP contribution in [-0.4, -0.2) is 18.2 Å². The Morgan fingerprint density at radius 3 is 2.31 bits per heavy atom. The summed E-state index contributed by atoms with van der Waals surface area (Å²) >= 11 is 12.1. The Kier molecular flexibility index (Phi) is 6.08. The molecule has 1 heterocycles. The van der Waals surface area contributed by atoms with E-state index in [1.807, 2.05) is 39.0 Å². The van der Waals surface area contributed by atoms with Crippen molar-refractivity contribution in [2.24, 2.45) is 0 Å². The number of hydrogen-bond acceptors (Lipinski definition) is 4. The van der Waals surface area contributed by atoms with Gasteiger partial charge < -0.3 is 4.18 Å². The highest BCUT2D eigenvalue weighted by Gasteiger charge is 2.24. The molecule has 3 aromatic rings. The van der Waals surface area contributed by atoms with Crippen LogP contribution in [0.15, 0.2) is 60.0 Å². The van der Waals surface area contributed by atoms with Gasteiger partial charge in [0.1, 0.15) is 0 Å². The first-order chi connectivity index (χ1) is 13.5. The van der Waals surface area contributed by atoms with Crippen LogP contribution in [0.5, 0.6) is 5.88 Å². The average Bonchev–Trinajstić information content (AvgIpc) is 3.07. The number of halogens is 2. The summed E-state index contributed by atoms with van der Waals surface area (Å²) in [5, 5.41) is 6.26. The van der Waals surface area contributed by atoms with Crippen molar-refractivity contribution in [1.82, 2.24) is 9.78 Å². The zero-order chi connectivity index (χ0) is 21.2. The predicted octanol–water partition coefficient (Wildman–Crippen LogP) is 5.86. The largest absolute Gasteiger partial charge is 0.358 e. The minimum absolute atomic E-state index is 0.0611. The molecule has 0 radical (unpaired) electrons. The lowest BCUT2D eigenvalue weighted by atomic mass is 9.93. The first-order valence-electron chi connectivity index (χ1n) is 8.79. The summed E-state index contributed by atoms with van der Waals surface area (Å²) < 4.78 is 31.8. The Bertz CT molecular complexity index is 1150. The number of benzene rings is 2. The Hall–Kier alpha value is -2.28. The summed E-state index contributed by atoms with van der Waals surface area (Å²) in [4.78, 5) is 0. The Balaban J connectivity index is 2.00. The average molecular weight is 451 g/mol. The summed E-state index contributed by atoms with van der Waals surface area (Å²) in [6.07, 6.45) is 1.47. The highest BCUT2D eigenvalue weighted by Crippen LogP contribution is 2.31. The highest BCUT2D eigenvalue weighted by atomic mass is 35.5. The lowest BCUT2D eigenvalue weighted by molar-refractivity contribution is 0.474. The standard InChI is InChI=1S/C21H20Cl2N2O3S/c1-21(2,3)19-14-20(25(24-19)16-9-10-17(22)18(23)13-16)28-29(26,27)12-11-15-7-5-4-6-8-15/h4-14H,1-3H3/b12-11+. The number of aromatic nitrogens is 2. The summed E-state index contributed by atoms with van der Waals surface area (Å²) in [6.45, 7) is 5.92. The fourth-order valence-corrected chi connectivity index (χ4v) is 3.49. The molecule has 0 aliphatic carbocycles. The van der Waals surface area contributed by atoms with Gasteiger partial charge in [0.2, 0.25) is 5.88 Å². The molecule has 0 saturated carbocycles. The molecule has 0 unspecified atom stereocenters. The molecule has 0 amide bonds. The Labute approximate surface area is 180 Å². The summed E-state index contributed by atoms with van der Waals surface area (Å²) in [7, 11) is -4.01. The van der Waals surface area contributed by atoms with Crippen molar-refractivity contribution in [3.05, 3.63) is 81.3 Å². The van der Waals surface area contributed by atoms with Gasteiger partial charge in [-0.15, -0.1) is 0 Å². The van der Waals surface area contributed by atoms with E-state index in [1.54, 1.807) is 36.4 Å². The monoisotopic (exact) mass is 450 g/mol. The molecular weight excluding hydrogens is 431 g/mol. The van der Waals surface area contributed by atoms with Gasteiger partial charge in [0, 0.05) is 11.5 Å². The number of hydrogen-bond donors (Lipinski definition) is 0. The molecule has 3 rings (SSSR count). The van der Waals surface area contributed by atoms with Crippen molar-refractivity contribution in [2.75, 3.05) is 0 Å². The van der Waals surface area contributed by atoms with Crippen LogP contribution in [0, 0.1) is 0 Å². The molecule has 0 N–H and O–H groups in total. The molecule has 0 atom stereocenters. The third-order valence-corrected chi connectivity index (χ3v) is 5.63. The summed E-state index contributed by atoms with van der Waals surface area (Å²) in [5.41, 5.74) is 1.63. The van der Waals surface area contributed by atoms with E-state index < -0.39 is 10.1 Å². The van der Waals surface area contributed by atoms with Crippen molar-refractivity contribution in [3.63, 3.8) is 0 Å². The quantitative estimate of drug-likeness (QED) is 0.456. The molecule has 8 heteroatoms. The van der Waals surface area contributed by atoms with E-state index in [4.69, 9.17) is 27.4 Å². The van der Waals surface area contributed by atoms with Gasteiger partial charge in [-0.1, -0.05) is 74.3 Å². The van der Waals surface area contributed by atoms with Gasteiger partial charge in [-0.3, -0.25) is 0 Å². The smallest absolute Gasteiger partial charge is 0.333 e. The van der Waals surface area contributed by atoms with Crippen molar-refractivity contribution >= 4 is 39.4 Å². The summed E-state index contributed by atoms with van der Waals surface area (Å²) in [5.74, 6) is 0.0611. The maximum Gasteiger partial charge on any atom is 0.333 e. The molecule has 5 nitrogen and oxygen atoms in total. The van der Waals surface area contributed by atoms with E-state index in [9.17, 15) is 8.42 Å². The van der Waals surface area contributed by atoms with E-state index in [-0.39, 0.29) is 11.3 Å². The lowest BCUT2D eigenvalue weighted by Crippen LogP contribution is -2.12. The lowest BCUT2D eigenvalue weighted by Gasteiger charge is -2.14. The molecule has 152 valence electrons. The third-order valence-electron chi connectivity index (χ3n) is 4.02. The van der Waals surface area contributed by atoms with Crippen molar-refractivity contribution in [3.8, 4) is 11.6 Å². The van der Waals surface area contributed by atoms with Crippen molar-refractivity contribution in [1.29, 1.82) is 0 Å². The molecule has 0 aliphatic rings. The van der Waals surface area contributed by atoms with E-state index in [0.29, 0.717) is 21.4 Å². The van der Waals surface area contributed by atoms with Gasteiger partial charge in [-0.2, -0.15) is 18.2 Å². The van der Waals surface area contributed by atoms with Crippen LogP contribution in [0.2, 0.25) is 10.0 Å². The SMILES string of the molecule is CC(C)(C)c1cc(OS(=O)(=O)/C=C/c2ccccc2)n(-c2ccc(Cl)c(Cl)c2)n1. The predicted molar refractivity (Wildman–Crippen MR) is 117 cm³/mol. The number of nitrogens with zero attached hydrogens (tertiary/aromatic N) is 2. The van der Waals surface area contributed by atoms with Crippen LogP contribution in [0.4, 0.5) is 0 Å². The highest BCUT2D eigenvalue weighted by molar-refractivity contribution is 7.90. The van der Waals surface area contributed by atoms with Gasteiger partial charge in [0.15, 0.2) is 0 Å². The second-order valence-electron chi connectivity index (χ2n) is 7.42. The van der Waals surface area contributed by atoms with Crippen LogP contribution >= 0.6 is 23.2 Å². The maximum absolute atomic E-state index is 12.5. The fraction of sp³-hybridized carbons (Fsp3) is 0.190. The second-order valence-corrected chi connectivity index (χ2v) is 9.66. The molecule has 0 saturated heterocycles. The third kappa shape index (κ3) is 5.41. The molecule has 29 heavy (non-hydrogen) atoms. The van der Waals surface area contributed by atoms with Gasteiger partial charge >= 0.3 is 10.1 Å². The van der Waals surface area contributed by atoms with E-state index >= 15 is 0 Å². The summed E-state index contributed by atoms with van der Waals surface area (Å²) in [6, 6.07) is 15.6. The normalized spacial score (nSPS) is 12.4. The van der Waals surface area contributed by atoms with E-state index in [1.165, 1.54) is 10.8 Å². The van der Waals surface area contributed by atoms with Gasteiger partial charge in [-0.05, 0) is 29.8 Å². The molecule has 0 aliphatic heterocycles. The van der Waals surface area contributed by atoms with Gasteiger partial charge in [0.05, 0.1) is 26.8 Å². The van der Waals surface area contributed by atoms with Crippen molar-refractivity contribution in [2.45, 2.75) is 26.2 Å². The molecule has 2 aromatic carbocycles. The number of rotatable bonds is 5. The first kappa shape index (κ1) is 21.4. The molecular formula is C21H20Cl2N2O3S. The second kappa shape index (κ2) is 8.22. The molecule has 0 spiro atoms. The minimum Gasteiger partial charge on any atom is -0.358 e. The van der Waals surface area contributed by atoms with Crippen LogP contribution in [0.3, 0.4) is 0 Å². The van der Waals surface area contributed by atoms with Crippen LogP contribution in [0.25, 0.3) is 11.8 Å². The molecule has 0 fully saturated rings. The van der Waals surface area contributed by atoms with Crippen LogP contribution in [0.1, 0.15) is 32.0 Å².